The molecule has 7 nitrogen and oxygen atoms in total. The van der Waals surface area contributed by atoms with E-state index in [9.17, 15) is 14.4 Å². The van der Waals surface area contributed by atoms with Crippen molar-refractivity contribution in [2.45, 2.75) is 13.5 Å². The third-order valence-corrected chi connectivity index (χ3v) is 2.64. The maximum Gasteiger partial charge on any atom is 0.265 e. The molecule has 0 radical (unpaired) electrons. The molecule has 1 amide bonds. The molecule has 0 atom stereocenters. The summed E-state index contributed by atoms with van der Waals surface area (Å²) in [7, 11) is 0. The molecule has 0 unspecified atom stereocenters. The molecule has 0 aliphatic carbocycles. The van der Waals surface area contributed by atoms with Gasteiger partial charge >= 0.3 is 0 Å². The molecule has 0 aliphatic rings. The number of anilines is 1. The molecule has 0 bridgehead atoms. The second kappa shape index (κ2) is 6.56. The third-order valence-electron chi connectivity index (χ3n) is 2.64. The average molecular weight is 289 g/mol. The molecule has 1 aromatic heterocycles. The Labute approximate surface area is 120 Å². The summed E-state index contributed by atoms with van der Waals surface area (Å²) in [6.45, 7) is 2.19. The number of hydrogen-bond donors (Lipinski definition) is 2. The van der Waals surface area contributed by atoms with Crippen molar-refractivity contribution in [3.05, 3.63) is 57.1 Å². The Bertz CT molecular complexity index is 731. The Morgan fingerprint density at radius 1 is 1.19 bits per heavy atom. The number of carbonyl (C=O) groups excluding carboxylic acids is 1. The number of nitrogens with zero attached hydrogens (tertiary/aromatic N) is 1. The van der Waals surface area contributed by atoms with E-state index in [1.165, 1.54) is 0 Å². The highest BCUT2D eigenvalue weighted by Crippen LogP contribution is 2.15. The quantitative estimate of drug-likeness (QED) is 0.841. The van der Waals surface area contributed by atoms with Gasteiger partial charge in [0.05, 0.1) is 6.61 Å². The highest BCUT2D eigenvalue weighted by molar-refractivity contribution is 5.90. The van der Waals surface area contributed by atoms with Gasteiger partial charge in [-0.3, -0.25) is 19.5 Å². The third kappa shape index (κ3) is 4.07. The highest BCUT2D eigenvalue weighted by Gasteiger charge is 2.06. The summed E-state index contributed by atoms with van der Waals surface area (Å²) in [5.74, 6) is 0.294. The lowest BCUT2D eigenvalue weighted by atomic mass is 10.3. The van der Waals surface area contributed by atoms with E-state index in [-0.39, 0.29) is 6.54 Å². The Balaban J connectivity index is 2.03. The first kappa shape index (κ1) is 14.6. The van der Waals surface area contributed by atoms with Crippen LogP contribution in [0.2, 0.25) is 0 Å². The van der Waals surface area contributed by atoms with Crippen molar-refractivity contribution in [2.75, 3.05) is 11.9 Å². The second-order valence-electron chi connectivity index (χ2n) is 4.24. The van der Waals surface area contributed by atoms with E-state index in [2.05, 4.69) is 10.4 Å². The molecule has 110 valence electrons. The summed E-state index contributed by atoms with van der Waals surface area (Å²) in [4.78, 5) is 34.4. The van der Waals surface area contributed by atoms with E-state index in [0.29, 0.717) is 18.0 Å². The summed E-state index contributed by atoms with van der Waals surface area (Å²) in [6, 6.07) is 9.08. The number of aromatic nitrogens is 2. The Hall–Kier alpha value is -2.83. The minimum absolute atomic E-state index is 0.262. The summed E-state index contributed by atoms with van der Waals surface area (Å²) < 4.78 is 6.24. The van der Waals surface area contributed by atoms with E-state index in [1.807, 2.05) is 6.92 Å². The van der Waals surface area contributed by atoms with Crippen LogP contribution in [0.3, 0.4) is 0 Å². The fraction of sp³-hybridized carbons (Fsp3) is 0.214. The number of rotatable bonds is 5. The molecular formula is C14H15N3O4. The first-order valence-corrected chi connectivity index (χ1v) is 6.41. The lowest BCUT2D eigenvalue weighted by molar-refractivity contribution is -0.117. The summed E-state index contributed by atoms with van der Waals surface area (Å²) in [6.07, 6.45) is 0. The smallest absolute Gasteiger partial charge is 0.265 e. The van der Waals surface area contributed by atoms with Crippen LogP contribution in [0.25, 0.3) is 0 Å². The number of aromatic amines is 1. The topological polar surface area (TPSA) is 93.2 Å². The molecule has 21 heavy (non-hydrogen) atoms. The summed E-state index contributed by atoms with van der Waals surface area (Å²) in [5.41, 5.74) is -0.310. The van der Waals surface area contributed by atoms with Gasteiger partial charge in [-0.2, -0.15) is 0 Å². The van der Waals surface area contributed by atoms with E-state index in [1.54, 1.807) is 24.3 Å². The predicted molar refractivity (Wildman–Crippen MR) is 77.6 cm³/mol. The van der Waals surface area contributed by atoms with E-state index < -0.39 is 17.0 Å². The van der Waals surface area contributed by atoms with Crippen LogP contribution < -0.4 is 21.2 Å². The van der Waals surface area contributed by atoms with Gasteiger partial charge in [0, 0.05) is 17.8 Å². The molecule has 2 N–H and O–H groups in total. The van der Waals surface area contributed by atoms with Crippen molar-refractivity contribution in [1.29, 1.82) is 0 Å². The van der Waals surface area contributed by atoms with Crippen LogP contribution >= 0.6 is 0 Å². The zero-order valence-corrected chi connectivity index (χ0v) is 11.5. The Kier molecular flexibility index (Phi) is 4.55. The lowest BCUT2D eigenvalue weighted by Crippen LogP contribution is -2.32. The first-order chi connectivity index (χ1) is 10.1. The number of benzene rings is 1. The minimum Gasteiger partial charge on any atom is -0.494 e. The normalized spacial score (nSPS) is 10.1. The molecule has 1 aromatic carbocycles. The van der Waals surface area contributed by atoms with Crippen LogP contribution in [0, 0.1) is 0 Å². The average Bonchev–Trinajstić information content (AvgIpc) is 2.45. The van der Waals surface area contributed by atoms with Crippen LogP contribution in [-0.4, -0.2) is 22.3 Å². The maximum atomic E-state index is 11.8. The molecule has 0 saturated heterocycles. The van der Waals surface area contributed by atoms with E-state index in [0.717, 1.165) is 16.8 Å². The molecule has 0 aliphatic heterocycles. The van der Waals surface area contributed by atoms with Gasteiger partial charge in [0.25, 0.3) is 11.1 Å². The number of nitrogens with one attached hydrogen (secondary N) is 2. The predicted octanol–water partition coefficient (Wildman–Crippen LogP) is 0.574. The number of amides is 1. The van der Waals surface area contributed by atoms with Crippen LogP contribution in [0.15, 0.2) is 46.0 Å². The zero-order chi connectivity index (χ0) is 15.2. The monoisotopic (exact) mass is 289 g/mol. The maximum absolute atomic E-state index is 11.8. The molecular weight excluding hydrogens is 274 g/mol. The number of H-pyrrole nitrogens is 1. The molecule has 0 spiro atoms. The van der Waals surface area contributed by atoms with Crippen LogP contribution in [0.5, 0.6) is 5.75 Å². The largest absolute Gasteiger partial charge is 0.494 e. The van der Waals surface area contributed by atoms with Crippen molar-refractivity contribution in [3.63, 3.8) is 0 Å². The SMILES string of the molecule is CCOc1ccc(NC(=O)Cn2[nH]c(=O)ccc2=O)cc1. The van der Waals surface area contributed by atoms with E-state index in [4.69, 9.17) is 4.74 Å². The molecule has 2 rings (SSSR count). The van der Waals surface area contributed by atoms with Gasteiger partial charge < -0.3 is 10.1 Å². The zero-order valence-electron chi connectivity index (χ0n) is 11.5. The van der Waals surface area contributed by atoms with Crippen molar-refractivity contribution in [3.8, 4) is 5.75 Å². The van der Waals surface area contributed by atoms with Gasteiger partial charge in [-0.05, 0) is 31.2 Å². The van der Waals surface area contributed by atoms with Crippen molar-refractivity contribution in [2.24, 2.45) is 0 Å². The molecule has 7 heteroatoms. The molecule has 0 fully saturated rings. The summed E-state index contributed by atoms with van der Waals surface area (Å²) in [5, 5.41) is 4.92. The highest BCUT2D eigenvalue weighted by atomic mass is 16.5. The minimum atomic E-state index is -0.448. The Morgan fingerprint density at radius 2 is 1.90 bits per heavy atom. The fourth-order valence-corrected chi connectivity index (χ4v) is 1.73. The van der Waals surface area contributed by atoms with Gasteiger partial charge in [-0.15, -0.1) is 0 Å². The van der Waals surface area contributed by atoms with Gasteiger partial charge in [0.15, 0.2) is 0 Å². The van der Waals surface area contributed by atoms with Crippen molar-refractivity contribution < 1.29 is 9.53 Å². The van der Waals surface area contributed by atoms with Gasteiger partial charge in [-0.1, -0.05) is 0 Å². The Morgan fingerprint density at radius 3 is 2.57 bits per heavy atom. The summed E-state index contributed by atoms with van der Waals surface area (Å²) >= 11 is 0. The first-order valence-electron chi connectivity index (χ1n) is 6.41. The van der Waals surface area contributed by atoms with E-state index >= 15 is 0 Å². The van der Waals surface area contributed by atoms with Crippen LogP contribution in [0.1, 0.15) is 6.92 Å². The molecule has 1 heterocycles. The number of ether oxygens (including phenoxy) is 1. The van der Waals surface area contributed by atoms with Crippen molar-refractivity contribution >= 4 is 11.6 Å². The van der Waals surface area contributed by atoms with Crippen LogP contribution in [0.4, 0.5) is 5.69 Å². The van der Waals surface area contributed by atoms with Crippen molar-refractivity contribution in [1.82, 2.24) is 9.78 Å². The van der Waals surface area contributed by atoms with Gasteiger partial charge in [-0.25, -0.2) is 4.68 Å². The fourth-order valence-electron chi connectivity index (χ4n) is 1.73. The van der Waals surface area contributed by atoms with Gasteiger partial charge in [0.2, 0.25) is 5.91 Å². The molecule has 2 aromatic rings. The lowest BCUT2D eigenvalue weighted by Gasteiger charge is -2.08. The van der Waals surface area contributed by atoms with Crippen LogP contribution in [-0.2, 0) is 11.3 Å². The second-order valence-corrected chi connectivity index (χ2v) is 4.24. The molecule has 0 saturated carbocycles. The van der Waals surface area contributed by atoms with Gasteiger partial charge in [0.1, 0.15) is 12.3 Å². The number of carbonyl (C=O) groups is 1. The standard InChI is InChI=1S/C14H15N3O4/c1-2-21-11-5-3-10(4-6-11)15-13(19)9-17-14(20)8-7-12(18)16-17/h3-8H,2,9H2,1H3,(H,15,19)(H,16,18). The number of hydrogen-bond acceptors (Lipinski definition) is 4.